The average Bonchev–Trinajstić information content (AvgIpc) is 2.58. The quantitative estimate of drug-likeness (QED) is 0.143. The fraction of sp³-hybridized carbons (Fsp3) is 0.833. The molecule has 1 unspecified atom stereocenters. The van der Waals surface area contributed by atoms with E-state index in [0.29, 0.717) is 0 Å². The van der Waals surface area contributed by atoms with Crippen LogP contribution < -0.4 is 5.73 Å². The summed E-state index contributed by atoms with van der Waals surface area (Å²) in [6, 6.07) is -1.53. The van der Waals surface area contributed by atoms with Crippen LogP contribution >= 0.6 is 0 Å². The van der Waals surface area contributed by atoms with Gasteiger partial charge >= 0.3 is 5.97 Å². The molecule has 1 fully saturated rings. The smallest absolute Gasteiger partial charge is 0.335 e. The number of carboxylic acid groups (broad SMARTS) is 1. The van der Waals surface area contributed by atoms with Crippen molar-refractivity contribution in [1.82, 2.24) is 0 Å². The van der Waals surface area contributed by atoms with E-state index in [0.717, 1.165) is 0 Å². The first kappa shape index (κ1) is 21.8. The zero-order valence-electron chi connectivity index (χ0n) is 12.6. The number of aliphatic hydroxyl groups is 7. The highest BCUT2D eigenvalue weighted by Gasteiger charge is 2.48. The van der Waals surface area contributed by atoms with E-state index in [1.165, 1.54) is 0 Å². The summed E-state index contributed by atoms with van der Waals surface area (Å²) in [6.45, 7) is 0. The molecule has 0 aromatic carbocycles. The Morgan fingerprint density at radius 1 is 1.04 bits per heavy atom. The van der Waals surface area contributed by atoms with E-state index in [4.69, 9.17) is 25.4 Å². The molecule has 1 aliphatic rings. The molecule has 1 heterocycles. The van der Waals surface area contributed by atoms with Crippen LogP contribution in [-0.4, -0.2) is 114 Å². The number of aliphatic hydroxyl groups excluding tert-OH is 7. The maximum absolute atomic E-state index is 10.9. The highest BCUT2D eigenvalue weighted by molar-refractivity contribution is 5.73. The number of nitrogens with two attached hydrogens (primary N) is 1. The van der Waals surface area contributed by atoms with E-state index in [2.05, 4.69) is 0 Å². The second kappa shape index (κ2) is 8.91. The van der Waals surface area contributed by atoms with Crippen molar-refractivity contribution >= 4 is 12.3 Å². The molecule has 146 valence electrons. The summed E-state index contributed by atoms with van der Waals surface area (Å²) in [5.41, 5.74) is 5.49. The third kappa shape index (κ3) is 4.89. The summed E-state index contributed by atoms with van der Waals surface area (Å²) in [4.78, 5) is 21.3. The van der Waals surface area contributed by atoms with Gasteiger partial charge in [0, 0.05) is 0 Å². The number of carbonyl (C=O) groups excluding carboxylic acids is 1. The van der Waals surface area contributed by atoms with Crippen molar-refractivity contribution in [3.8, 4) is 0 Å². The molecular formula is C12H21NO12. The SMILES string of the molecule is N[C@@H]1[C@H](OC(O)[C@@H](O)[C@@H](O)[C@H](O)[C@@H](O)C=O)O[C@H](C(=O)O)[C@@H](O)[C@@H]1O. The van der Waals surface area contributed by atoms with Crippen LogP contribution in [0.25, 0.3) is 0 Å². The van der Waals surface area contributed by atoms with E-state index in [1.807, 2.05) is 0 Å². The molecule has 0 bridgehead atoms. The van der Waals surface area contributed by atoms with Crippen LogP contribution in [0.3, 0.4) is 0 Å². The molecule has 1 saturated heterocycles. The second-order valence-electron chi connectivity index (χ2n) is 5.45. The fourth-order valence-electron chi connectivity index (χ4n) is 2.08. The minimum absolute atomic E-state index is 0.122. The van der Waals surface area contributed by atoms with Crippen LogP contribution in [0.15, 0.2) is 0 Å². The van der Waals surface area contributed by atoms with Crippen LogP contribution in [0.2, 0.25) is 0 Å². The van der Waals surface area contributed by atoms with Crippen LogP contribution in [0.1, 0.15) is 0 Å². The molecule has 0 aromatic rings. The standard InChI is InChI=1S/C12H21NO12/c13-3-5(17)7(19)9(10(21)22)24-12(3)25-11(23)8(20)6(18)4(16)2(15)1-14/h1-9,11-12,15-20,23H,13H2,(H,21,22)/t2-,3-,4+,5+,6-,7-,8-,9-,11?,12-/m0/s1. The van der Waals surface area contributed by atoms with Gasteiger partial charge in [-0.1, -0.05) is 0 Å². The van der Waals surface area contributed by atoms with Gasteiger partial charge in [0.2, 0.25) is 0 Å². The van der Waals surface area contributed by atoms with E-state index in [9.17, 15) is 40.2 Å². The van der Waals surface area contributed by atoms with Gasteiger partial charge in [0.15, 0.2) is 25.0 Å². The summed E-state index contributed by atoms with van der Waals surface area (Å²) in [5.74, 6) is -1.66. The summed E-state index contributed by atoms with van der Waals surface area (Å²) < 4.78 is 9.53. The second-order valence-corrected chi connectivity index (χ2v) is 5.45. The van der Waals surface area contributed by atoms with Crippen LogP contribution in [0.5, 0.6) is 0 Å². The Labute approximate surface area is 140 Å². The van der Waals surface area contributed by atoms with Gasteiger partial charge in [-0.15, -0.1) is 0 Å². The van der Waals surface area contributed by atoms with Gasteiger partial charge in [-0.25, -0.2) is 4.79 Å². The largest absolute Gasteiger partial charge is 0.479 e. The molecule has 1 aliphatic heterocycles. The molecule has 0 spiro atoms. The van der Waals surface area contributed by atoms with E-state index in [-0.39, 0.29) is 6.29 Å². The van der Waals surface area contributed by atoms with Crippen molar-refractivity contribution in [2.24, 2.45) is 5.73 Å². The molecule has 1 rings (SSSR count). The predicted octanol–water partition coefficient (Wildman–Crippen LogP) is -6.18. The van der Waals surface area contributed by atoms with Gasteiger partial charge in [-0.05, 0) is 0 Å². The highest BCUT2D eigenvalue weighted by atomic mass is 16.7. The lowest BCUT2D eigenvalue weighted by molar-refractivity contribution is -0.317. The van der Waals surface area contributed by atoms with Gasteiger partial charge in [0.1, 0.15) is 36.6 Å². The fourth-order valence-corrected chi connectivity index (χ4v) is 2.08. The number of carboxylic acids is 1. The number of aldehydes is 1. The van der Waals surface area contributed by atoms with Gasteiger partial charge in [-0.3, -0.25) is 0 Å². The molecule has 0 aromatic heterocycles. The van der Waals surface area contributed by atoms with E-state index >= 15 is 0 Å². The Hall–Kier alpha value is -1.26. The molecule has 0 saturated carbocycles. The molecule has 0 aliphatic carbocycles. The number of hydrogen-bond acceptors (Lipinski definition) is 12. The minimum atomic E-state index is -2.32. The maximum Gasteiger partial charge on any atom is 0.335 e. The highest BCUT2D eigenvalue weighted by Crippen LogP contribution is 2.23. The van der Waals surface area contributed by atoms with E-state index in [1.54, 1.807) is 0 Å². The van der Waals surface area contributed by atoms with Crippen LogP contribution in [0.4, 0.5) is 0 Å². The van der Waals surface area contributed by atoms with Gasteiger partial charge in [-0.2, -0.15) is 0 Å². The summed E-state index contributed by atoms with van der Waals surface area (Å²) in [6.07, 6.45) is -18.6. The summed E-state index contributed by atoms with van der Waals surface area (Å²) in [7, 11) is 0. The van der Waals surface area contributed by atoms with Crippen molar-refractivity contribution in [2.45, 2.75) is 61.3 Å². The van der Waals surface area contributed by atoms with Crippen molar-refractivity contribution < 1.29 is 59.9 Å². The Morgan fingerprint density at radius 3 is 2.08 bits per heavy atom. The average molecular weight is 371 g/mol. The Morgan fingerprint density at radius 2 is 1.60 bits per heavy atom. The summed E-state index contributed by atoms with van der Waals surface area (Å²) in [5, 5.41) is 75.5. The van der Waals surface area contributed by atoms with Gasteiger partial charge in [0.25, 0.3) is 0 Å². The first-order valence-electron chi connectivity index (χ1n) is 7.04. The van der Waals surface area contributed by atoms with Gasteiger partial charge in [0.05, 0.1) is 6.04 Å². The third-order valence-electron chi connectivity index (χ3n) is 3.65. The third-order valence-corrected chi connectivity index (χ3v) is 3.65. The molecule has 13 nitrogen and oxygen atoms in total. The van der Waals surface area contributed by atoms with Crippen LogP contribution in [0, 0.1) is 0 Å². The maximum atomic E-state index is 10.9. The number of hydrogen-bond donors (Lipinski definition) is 9. The first-order chi connectivity index (χ1) is 11.5. The monoisotopic (exact) mass is 371 g/mol. The normalized spacial score (nSPS) is 36.1. The minimum Gasteiger partial charge on any atom is -0.479 e. The molecule has 10 N–H and O–H groups in total. The number of carbonyl (C=O) groups is 2. The van der Waals surface area contributed by atoms with Crippen molar-refractivity contribution in [3.05, 3.63) is 0 Å². The number of rotatable bonds is 8. The van der Waals surface area contributed by atoms with Gasteiger partial charge < -0.3 is 60.9 Å². The van der Waals surface area contributed by atoms with Crippen molar-refractivity contribution in [2.75, 3.05) is 0 Å². The lowest BCUT2D eigenvalue weighted by atomic mass is 9.97. The van der Waals surface area contributed by atoms with Crippen LogP contribution in [-0.2, 0) is 19.1 Å². The Bertz CT molecular complexity index is 463. The topological polar surface area (TPSA) is 240 Å². The molecule has 25 heavy (non-hydrogen) atoms. The zero-order valence-corrected chi connectivity index (χ0v) is 12.6. The molecule has 0 amide bonds. The molecular weight excluding hydrogens is 350 g/mol. The molecule has 13 heteroatoms. The first-order valence-corrected chi connectivity index (χ1v) is 7.04. The lowest BCUT2D eigenvalue weighted by Crippen LogP contribution is -2.64. The molecule has 0 radical (unpaired) electrons. The lowest BCUT2D eigenvalue weighted by Gasteiger charge is -2.40. The van der Waals surface area contributed by atoms with Crippen molar-refractivity contribution in [1.29, 1.82) is 0 Å². The predicted molar refractivity (Wildman–Crippen MR) is 73.5 cm³/mol. The summed E-state index contributed by atoms with van der Waals surface area (Å²) >= 11 is 0. The Balaban J connectivity index is 2.78. The number of aliphatic carboxylic acids is 1. The number of ether oxygens (including phenoxy) is 2. The van der Waals surface area contributed by atoms with E-state index < -0.39 is 67.3 Å². The van der Waals surface area contributed by atoms with Crippen molar-refractivity contribution in [3.63, 3.8) is 0 Å². The molecule has 10 atom stereocenters. The zero-order chi connectivity index (χ0) is 19.5. The Kier molecular flexibility index (Phi) is 7.76.